The molecule has 2 aromatic rings. The number of nitriles is 1. The van der Waals surface area contributed by atoms with E-state index in [1.807, 2.05) is 24.3 Å². The van der Waals surface area contributed by atoms with E-state index in [-0.39, 0.29) is 15.3 Å². The summed E-state index contributed by atoms with van der Waals surface area (Å²) < 4.78 is 5.82. The van der Waals surface area contributed by atoms with Gasteiger partial charge in [0.15, 0.2) is 0 Å². The molecule has 0 aliphatic heterocycles. The third kappa shape index (κ3) is 1.88. The standard InChI is InChI=1S/C11H7NOSe/c12-8-13-14-11-6-5-9-3-1-2-4-10(9)7-11/h1-7H. The topological polar surface area (TPSA) is 33.0 Å². The third-order valence-electron chi connectivity index (χ3n) is 1.90. The van der Waals surface area contributed by atoms with Crippen LogP contribution in [0.15, 0.2) is 42.5 Å². The Labute approximate surface area is 88.6 Å². The van der Waals surface area contributed by atoms with Crippen molar-refractivity contribution in [3.05, 3.63) is 42.5 Å². The Hall–Kier alpha value is -1.49. The number of hydrogen-bond donors (Lipinski definition) is 0. The van der Waals surface area contributed by atoms with Crippen LogP contribution in [0.3, 0.4) is 0 Å². The Morgan fingerprint density at radius 2 is 1.86 bits per heavy atom. The van der Waals surface area contributed by atoms with E-state index < -0.39 is 0 Å². The summed E-state index contributed by atoms with van der Waals surface area (Å²) in [5, 5.41) is 10.7. The Morgan fingerprint density at radius 1 is 1.07 bits per heavy atom. The van der Waals surface area contributed by atoms with E-state index in [1.54, 1.807) is 6.26 Å². The minimum atomic E-state index is -0.196. The molecule has 0 saturated heterocycles. The second-order valence-corrected chi connectivity index (χ2v) is 4.46. The van der Waals surface area contributed by atoms with Gasteiger partial charge in [-0.2, -0.15) is 0 Å². The first-order valence-corrected chi connectivity index (χ1v) is 5.67. The SMILES string of the molecule is N#CO[Se]c1ccc2ccccc2c1. The quantitative estimate of drug-likeness (QED) is 0.597. The Balaban J connectivity index is 2.37. The summed E-state index contributed by atoms with van der Waals surface area (Å²) in [5.41, 5.74) is 0. The Morgan fingerprint density at radius 3 is 2.64 bits per heavy atom. The van der Waals surface area contributed by atoms with Crippen LogP contribution in [0, 0.1) is 11.5 Å². The van der Waals surface area contributed by atoms with Crippen LogP contribution in [0.5, 0.6) is 0 Å². The molecule has 14 heavy (non-hydrogen) atoms. The van der Waals surface area contributed by atoms with Gasteiger partial charge in [-0.05, 0) is 0 Å². The van der Waals surface area contributed by atoms with E-state index in [0.29, 0.717) is 0 Å². The summed E-state index contributed by atoms with van der Waals surface area (Å²) in [7, 11) is 0. The summed E-state index contributed by atoms with van der Waals surface area (Å²) in [6.07, 6.45) is 1.69. The van der Waals surface area contributed by atoms with Crippen molar-refractivity contribution in [2.75, 3.05) is 0 Å². The molecule has 0 unspecified atom stereocenters. The normalized spacial score (nSPS) is 9.64. The first-order chi connectivity index (χ1) is 6.90. The first-order valence-electron chi connectivity index (χ1n) is 4.11. The molecule has 3 heteroatoms. The van der Waals surface area contributed by atoms with Gasteiger partial charge < -0.3 is 0 Å². The molecule has 0 fully saturated rings. The average molecular weight is 248 g/mol. The van der Waals surface area contributed by atoms with Gasteiger partial charge in [0.2, 0.25) is 0 Å². The average Bonchev–Trinajstić information content (AvgIpc) is 2.26. The molecule has 0 amide bonds. The van der Waals surface area contributed by atoms with E-state index >= 15 is 0 Å². The first kappa shape index (κ1) is 9.08. The summed E-state index contributed by atoms with van der Waals surface area (Å²) in [6.45, 7) is 0. The molecule has 2 aromatic carbocycles. The van der Waals surface area contributed by atoms with Gasteiger partial charge in [-0.25, -0.2) is 0 Å². The van der Waals surface area contributed by atoms with Crippen molar-refractivity contribution < 1.29 is 3.82 Å². The van der Waals surface area contributed by atoms with E-state index in [1.165, 1.54) is 10.8 Å². The number of nitrogens with zero attached hydrogens (tertiary/aromatic N) is 1. The summed E-state index contributed by atoms with van der Waals surface area (Å²) in [4.78, 5) is 0. The second kappa shape index (κ2) is 4.15. The zero-order chi connectivity index (χ0) is 9.80. The second-order valence-electron chi connectivity index (χ2n) is 2.77. The molecule has 0 heterocycles. The van der Waals surface area contributed by atoms with Crippen LogP contribution < -0.4 is 4.46 Å². The van der Waals surface area contributed by atoms with Gasteiger partial charge in [0.05, 0.1) is 0 Å². The minimum absolute atomic E-state index is 0.196. The van der Waals surface area contributed by atoms with Gasteiger partial charge in [-0.3, -0.25) is 0 Å². The van der Waals surface area contributed by atoms with Crippen molar-refractivity contribution in [3.63, 3.8) is 0 Å². The molecule has 0 aliphatic rings. The molecule has 0 aromatic heterocycles. The summed E-state index contributed by atoms with van der Waals surface area (Å²) >= 11 is -0.196. The van der Waals surface area contributed by atoms with Crippen LogP contribution in [0.2, 0.25) is 0 Å². The van der Waals surface area contributed by atoms with Gasteiger partial charge in [0.25, 0.3) is 0 Å². The number of benzene rings is 2. The summed E-state index contributed by atoms with van der Waals surface area (Å²) in [5.74, 6) is 0. The molecule has 0 aliphatic carbocycles. The third-order valence-corrected chi connectivity index (χ3v) is 3.16. The molecule has 68 valence electrons. The molecule has 0 atom stereocenters. The maximum absolute atomic E-state index is 8.28. The molecular weight excluding hydrogens is 241 g/mol. The van der Waals surface area contributed by atoms with Crippen molar-refractivity contribution >= 4 is 30.5 Å². The van der Waals surface area contributed by atoms with Gasteiger partial charge in [0, 0.05) is 0 Å². The molecule has 0 saturated carbocycles. The van der Waals surface area contributed by atoms with Gasteiger partial charge in [-0.15, -0.1) is 0 Å². The van der Waals surface area contributed by atoms with E-state index in [4.69, 9.17) is 9.08 Å². The van der Waals surface area contributed by atoms with Crippen LogP contribution in [0.4, 0.5) is 0 Å². The predicted molar refractivity (Wildman–Crippen MR) is 56.0 cm³/mol. The van der Waals surface area contributed by atoms with Crippen LogP contribution in [-0.4, -0.2) is 15.3 Å². The van der Waals surface area contributed by atoms with Crippen LogP contribution in [0.1, 0.15) is 0 Å². The molecular formula is C11H7NOSe. The van der Waals surface area contributed by atoms with Crippen LogP contribution in [0.25, 0.3) is 10.8 Å². The van der Waals surface area contributed by atoms with Gasteiger partial charge in [-0.1, -0.05) is 0 Å². The van der Waals surface area contributed by atoms with E-state index in [2.05, 4.69) is 18.2 Å². The van der Waals surface area contributed by atoms with Gasteiger partial charge >= 0.3 is 88.3 Å². The zero-order valence-electron chi connectivity index (χ0n) is 7.31. The molecule has 0 bridgehead atoms. The van der Waals surface area contributed by atoms with E-state index in [0.717, 1.165) is 4.46 Å². The van der Waals surface area contributed by atoms with Crippen molar-refractivity contribution in [3.8, 4) is 6.26 Å². The molecule has 0 spiro atoms. The fourth-order valence-electron chi connectivity index (χ4n) is 1.29. The molecule has 2 nitrogen and oxygen atoms in total. The van der Waals surface area contributed by atoms with Crippen molar-refractivity contribution in [1.29, 1.82) is 5.26 Å². The maximum atomic E-state index is 8.28. The van der Waals surface area contributed by atoms with Crippen molar-refractivity contribution in [2.45, 2.75) is 0 Å². The van der Waals surface area contributed by atoms with Crippen molar-refractivity contribution in [1.82, 2.24) is 0 Å². The summed E-state index contributed by atoms with van der Waals surface area (Å²) in [6, 6.07) is 14.3. The fraction of sp³-hybridized carbons (Fsp3) is 0. The van der Waals surface area contributed by atoms with E-state index in [9.17, 15) is 0 Å². The predicted octanol–water partition coefficient (Wildman–Crippen LogP) is 1.58. The molecule has 2 rings (SSSR count). The fourth-order valence-corrected chi connectivity index (χ4v) is 2.19. The number of hydrogen-bond acceptors (Lipinski definition) is 2. The zero-order valence-corrected chi connectivity index (χ0v) is 9.02. The van der Waals surface area contributed by atoms with Crippen molar-refractivity contribution in [2.24, 2.45) is 0 Å². The van der Waals surface area contributed by atoms with Crippen LogP contribution >= 0.6 is 0 Å². The Kier molecular flexibility index (Phi) is 2.69. The monoisotopic (exact) mass is 249 g/mol. The number of fused-ring (bicyclic) bond motifs is 1. The van der Waals surface area contributed by atoms with Gasteiger partial charge in [0.1, 0.15) is 0 Å². The molecule has 0 N–H and O–H groups in total. The van der Waals surface area contributed by atoms with Crippen LogP contribution in [-0.2, 0) is 3.82 Å². The number of rotatable bonds is 2. The molecule has 0 radical (unpaired) electrons. The Bertz CT molecular complexity index is 490.